The molecule has 0 N–H and O–H groups in total. The van der Waals surface area contributed by atoms with Crippen molar-refractivity contribution < 1.29 is 24.5 Å². The molecule has 0 atom stereocenters. The maximum Gasteiger partial charge on any atom is 0.216 e. The minimum absolute atomic E-state index is 0. The second kappa shape index (κ2) is 14.9. The summed E-state index contributed by atoms with van der Waals surface area (Å²) in [5.41, 5.74) is 14.4. The molecule has 4 heterocycles. The molecule has 0 amide bonds. The van der Waals surface area contributed by atoms with Crippen molar-refractivity contribution >= 4 is 32.8 Å². The zero-order chi connectivity index (χ0) is 34.9. The summed E-state index contributed by atoms with van der Waals surface area (Å²) in [4.78, 5) is 13.7. The van der Waals surface area contributed by atoms with Gasteiger partial charge in [0.05, 0.1) is 5.58 Å². The Kier molecular flexibility index (Phi) is 9.91. The molecule has 0 saturated carbocycles. The van der Waals surface area contributed by atoms with E-state index in [4.69, 9.17) is 9.40 Å². The Balaban J connectivity index is 0.000000254. The summed E-state index contributed by atoms with van der Waals surface area (Å²) in [6, 6.07) is 50.5. The minimum atomic E-state index is 0. The maximum atomic E-state index is 6.24. The van der Waals surface area contributed by atoms with Gasteiger partial charge < -0.3 is 14.4 Å². The van der Waals surface area contributed by atoms with E-state index in [0.29, 0.717) is 5.71 Å². The van der Waals surface area contributed by atoms with Crippen molar-refractivity contribution in [2.24, 2.45) is 0 Å². The molecule has 1 radical (unpaired) electrons. The van der Waals surface area contributed by atoms with Gasteiger partial charge in [-0.25, -0.2) is 4.98 Å². The molecule has 0 saturated heterocycles. The Labute approximate surface area is 317 Å². The molecule has 5 heteroatoms. The van der Waals surface area contributed by atoms with Crippen molar-refractivity contribution in [1.82, 2.24) is 15.0 Å². The molecular weight excluding hydrogens is 815 g/mol. The number of nitrogens with zero attached hydrogens (tertiary/aromatic N) is 3. The topological polar surface area (TPSA) is 51.8 Å². The van der Waals surface area contributed by atoms with Gasteiger partial charge in [-0.05, 0) is 113 Å². The van der Waals surface area contributed by atoms with E-state index in [0.717, 1.165) is 55.7 Å². The van der Waals surface area contributed by atoms with Crippen molar-refractivity contribution in [3.05, 3.63) is 174 Å². The van der Waals surface area contributed by atoms with Crippen molar-refractivity contribution in [2.75, 3.05) is 0 Å². The van der Waals surface area contributed by atoms with Crippen molar-refractivity contribution in [3.8, 4) is 44.8 Å². The minimum Gasteiger partial charge on any atom is -0.486 e. The Morgan fingerprint density at radius 3 is 2.15 bits per heavy atom. The molecule has 255 valence electrons. The van der Waals surface area contributed by atoms with Crippen LogP contribution in [0.15, 0.2) is 144 Å². The SMILES string of the molecule is Cc1ccc(-c2[c-]cccc2)nc1.Cc1ccc2c(n1)oc1c(-c3cc(-c4cc5ccc(-c6ccccc6)cc5cc4C)c(C)cn3)[c-]ccc12.[Ir]. The quantitative estimate of drug-likeness (QED) is 0.166. The standard InChI is InChI=1S/C35H25N2O.C12H10N.Ir/c1-21-16-27-17-25(24-8-5-4-6-9-24)13-14-26(27)18-31(21)32-19-33(36-20-22(32)2)30-11-7-10-28-29-15-12-23(3)37-35(29)38-34(28)30;1-10-7-8-12(13-9-10)11-5-3-2-4-6-11;/h4-10,12-20H,1-3H3;2-5,7-9H,1H3;/q2*-1;. The van der Waals surface area contributed by atoms with Gasteiger partial charge in [-0.2, -0.15) is 0 Å². The summed E-state index contributed by atoms with van der Waals surface area (Å²) in [6.45, 7) is 8.31. The van der Waals surface area contributed by atoms with Crippen LogP contribution < -0.4 is 0 Å². The normalized spacial score (nSPS) is 10.9. The van der Waals surface area contributed by atoms with Gasteiger partial charge in [-0.3, -0.25) is 0 Å². The number of pyridine rings is 3. The molecule has 4 aromatic heterocycles. The number of aromatic nitrogens is 3. The zero-order valence-electron chi connectivity index (χ0n) is 29.4. The third-order valence-electron chi connectivity index (χ3n) is 9.27. The van der Waals surface area contributed by atoms with Gasteiger partial charge in [-0.1, -0.05) is 77.7 Å². The first kappa shape index (κ1) is 34.7. The van der Waals surface area contributed by atoms with Gasteiger partial charge >= 0.3 is 0 Å². The first-order valence-electron chi connectivity index (χ1n) is 17.1. The number of aryl methyl sites for hydroxylation is 4. The molecular formula is C47H35IrN3O-2. The predicted molar refractivity (Wildman–Crippen MR) is 209 cm³/mol. The molecule has 0 aliphatic heterocycles. The monoisotopic (exact) mass is 850 g/mol. The Hall–Kier alpha value is -5.74. The molecule has 5 aromatic carbocycles. The molecule has 0 aliphatic carbocycles. The van der Waals surface area contributed by atoms with Crippen LogP contribution in [0.2, 0.25) is 0 Å². The molecule has 9 aromatic rings. The zero-order valence-corrected chi connectivity index (χ0v) is 31.8. The largest absolute Gasteiger partial charge is 0.486 e. The van der Waals surface area contributed by atoms with E-state index >= 15 is 0 Å². The third kappa shape index (κ3) is 6.94. The number of benzene rings is 5. The molecule has 0 fully saturated rings. The Morgan fingerprint density at radius 2 is 1.37 bits per heavy atom. The molecule has 4 nitrogen and oxygen atoms in total. The van der Waals surface area contributed by atoms with E-state index in [1.165, 1.54) is 38.6 Å². The summed E-state index contributed by atoms with van der Waals surface area (Å²) in [5, 5.41) is 4.49. The van der Waals surface area contributed by atoms with Crippen molar-refractivity contribution in [2.45, 2.75) is 27.7 Å². The van der Waals surface area contributed by atoms with Crippen molar-refractivity contribution in [3.63, 3.8) is 0 Å². The van der Waals surface area contributed by atoms with Crippen LogP contribution in [0.3, 0.4) is 0 Å². The summed E-state index contributed by atoms with van der Waals surface area (Å²) in [6.07, 6.45) is 3.82. The Bertz CT molecular complexity index is 2670. The predicted octanol–water partition coefficient (Wildman–Crippen LogP) is 12.1. The van der Waals surface area contributed by atoms with Crippen LogP contribution in [0, 0.1) is 39.8 Å². The van der Waals surface area contributed by atoms with Crippen LogP contribution in [-0.2, 0) is 20.1 Å². The Morgan fingerprint density at radius 1 is 0.558 bits per heavy atom. The molecule has 0 bridgehead atoms. The maximum absolute atomic E-state index is 6.24. The van der Waals surface area contributed by atoms with Crippen LogP contribution >= 0.6 is 0 Å². The summed E-state index contributed by atoms with van der Waals surface area (Å²) < 4.78 is 6.24. The molecule has 0 unspecified atom stereocenters. The second-order valence-corrected chi connectivity index (χ2v) is 13.0. The number of fused-ring (bicyclic) bond motifs is 4. The smallest absolute Gasteiger partial charge is 0.216 e. The van der Waals surface area contributed by atoms with Crippen LogP contribution in [0.1, 0.15) is 22.4 Å². The second-order valence-electron chi connectivity index (χ2n) is 13.0. The molecule has 0 spiro atoms. The fourth-order valence-electron chi connectivity index (χ4n) is 6.55. The third-order valence-corrected chi connectivity index (χ3v) is 9.27. The molecule has 0 aliphatic rings. The number of hydrogen-bond donors (Lipinski definition) is 0. The number of hydrogen-bond acceptors (Lipinski definition) is 4. The number of furan rings is 1. The summed E-state index contributed by atoms with van der Waals surface area (Å²) in [7, 11) is 0. The summed E-state index contributed by atoms with van der Waals surface area (Å²) in [5.74, 6) is 0. The van der Waals surface area contributed by atoms with E-state index in [1.807, 2.05) is 74.8 Å². The number of rotatable bonds is 4. The van der Waals surface area contributed by atoms with Crippen LogP contribution in [0.5, 0.6) is 0 Å². The first-order valence-corrected chi connectivity index (χ1v) is 17.1. The van der Waals surface area contributed by atoms with E-state index < -0.39 is 0 Å². The van der Waals surface area contributed by atoms with Crippen LogP contribution in [0.25, 0.3) is 77.6 Å². The van der Waals surface area contributed by atoms with E-state index in [2.05, 4.69) is 115 Å². The van der Waals surface area contributed by atoms with E-state index in [1.54, 1.807) is 0 Å². The van der Waals surface area contributed by atoms with Crippen LogP contribution in [0.4, 0.5) is 0 Å². The van der Waals surface area contributed by atoms with Gasteiger partial charge in [0.2, 0.25) is 5.71 Å². The van der Waals surface area contributed by atoms with Crippen molar-refractivity contribution in [1.29, 1.82) is 0 Å². The summed E-state index contributed by atoms with van der Waals surface area (Å²) >= 11 is 0. The van der Waals surface area contributed by atoms with Gasteiger partial charge in [-0.15, -0.1) is 54.1 Å². The molecule has 52 heavy (non-hydrogen) atoms. The van der Waals surface area contributed by atoms with Gasteiger partial charge in [0.1, 0.15) is 0 Å². The van der Waals surface area contributed by atoms with Gasteiger partial charge in [0.15, 0.2) is 0 Å². The fourth-order valence-corrected chi connectivity index (χ4v) is 6.55. The average molecular weight is 850 g/mol. The first-order chi connectivity index (χ1) is 24.9. The van der Waals surface area contributed by atoms with Gasteiger partial charge in [0, 0.05) is 43.6 Å². The van der Waals surface area contributed by atoms with E-state index in [9.17, 15) is 0 Å². The fraction of sp³-hybridized carbons (Fsp3) is 0.0851. The molecule has 9 rings (SSSR count). The van der Waals surface area contributed by atoms with Gasteiger partial charge in [0.25, 0.3) is 0 Å². The van der Waals surface area contributed by atoms with Crippen LogP contribution in [-0.4, -0.2) is 15.0 Å². The average Bonchev–Trinajstić information content (AvgIpc) is 3.54. The van der Waals surface area contributed by atoms with E-state index in [-0.39, 0.29) is 20.1 Å².